The molecule has 0 heterocycles. The van der Waals surface area contributed by atoms with Crippen molar-refractivity contribution in [3.8, 4) is 5.75 Å². The third-order valence-corrected chi connectivity index (χ3v) is 4.11. The molecule has 2 atom stereocenters. The van der Waals surface area contributed by atoms with E-state index in [4.69, 9.17) is 0 Å². The zero-order valence-electron chi connectivity index (χ0n) is 10.2. The Morgan fingerprint density at radius 3 is 2.32 bits per heavy atom. The van der Waals surface area contributed by atoms with Gasteiger partial charge in [-0.05, 0) is 54.3 Å². The molecule has 96 valence electrons. The minimum absolute atomic E-state index is 0.0886. The summed E-state index contributed by atoms with van der Waals surface area (Å²) in [6, 6.07) is 14.7. The number of ketones is 1. The molecule has 1 fully saturated rings. The molecule has 2 nitrogen and oxygen atoms in total. The molecule has 0 bridgehead atoms. The maximum absolute atomic E-state index is 12.3. The monoisotopic (exact) mass is 316 g/mol. The SMILES string of the molecule is O=C(c1ccc(O)cc1)C1CC1c1ccc(Br)cc1. The quantitative estimate of drug-likeness (QED) is 0.864. The van der Waals surface area contributed by atoms with Gasteiger partial charge in [0.25, 0.3) is 0 Å². The summed E-state index contributed by atoms with van der Waals surface area (Å²) in [5.41, 5.74) is 1.91. The highest BCUT2D eigenvalue weighted by Gasteiger charge is 2.43. The molecule has 1 N–H and O–H groups in total. The normalized spacial score (nSPS) is 21.1. The number of hydrogen-bond donors (Lipinski definition) is 1. The molecule has 19 heavy (non-hydrogen) atoms. The first kappa shape index (κ1) is 12.4. The lowest BCUT2D eigenvalue weighted by molar-refractivity contribution is 0.0965. The highest BCUT2D eigenvalue weighted by Crippen LogP contribution is 2.49. The smallest absolute Gasteiger partial charge is 0.166 e. The Bertz CT molecular complexity index is 602. The fraction of sp³-hybridized carbons (Fsp3) is 0.188. The first-order valence-electron chi connectivity index (χ1n) is 6.24. The molecule has 3 heteroatoms. The van der Waals surface area contributed by atoms with Crippen molar-refractivity contribution in [2.45, 2.75) is 12.3 Å². The number of aromatic hydroxyl groups is 1. The number of phenolic OH excluding ortho intramolecular Hbond substituents is 1. The van der Waals surface area contributed by atoms with Crippen molar-refractivity contribution in [1.29, 1.82) is 0 Å². The predicted molar refractivity (Wildman–Crippen MR) is 77.4 cm³/mol. The van der Waals surface area contributed by atoms with Gasteiger partial charge >= 0.3 is 0 Å². The van der Waals surface area contributed by atoms with Crippen LogP contribution in [0.4, 0.5) is 0 Å². The van der Waals surface area contributed by atoms with Crippen molar-refractivity contribution < 1.29 is 9.90 Å². The number of benzene rings is 2. The van der Waals surface area contributed by atoms with Crippen LogP contribution >= 0.6 is 15.9 Å². The number of carbonyl (C=O) groups is 1. The van der Waals surface area contributed by atoms with Crippen LogP contribution in [0.2, 0.25) is 0 Å². The Morgan fingerprint density at radius 2 is 1.68 bits per heavy atom. The third kappa shape index (κ3) is 2.56. The van der Waals surface area contributed by atoms with Crippen molar-refractivity contribution in [2.75, 3.05) is 0 Å². The molecule has 3 rings (SSSR count). The molecule has 2 aromatic carbocycles. The van der Waals surface area contributed by atoms with E-state index in [9.17, 15) is 9.90 Å². The van der Waals surface area contributed by atoms with Crippen LogP contribution in [0.15, 0.2) is 53.0 Å². The molecule has 2 aromatic rings. The standard InChI is InChI=1S/C16H13BrO2/c17-12-5-1-10(2-6-12)14-9-15(14)16(19)11-3-7-13(18)8-4-11/h1-8,14-15,18H,9H2. The lowest BCUT2D eigenvalue weighted by Gasteiger charge is -2.02. The van der Waals surface area contributed by atoms with E-state index >= 15 is 0 Å². The van der Waals surface area contributed by atoms with E-state index in [2.05, 4.69) is 28.1 Å². The summed E-state index contributed by atoms with van der Waals surface area (Å²) in [5, 5.41) is 9.23. The molecule has 0 spiro atoms. The van der Waals surface area contributed by atoms with Crippen molar-refractivity contribution in [3.63, 3.8) is 0 Å². The van der Waals surface area contributed by atoms with E-state index in [-0.39, 0.29) is 17.5 Å². The molecule has 0 radical (unpaired) electrons. The highest BCUT2D eigenvalue weighted by atomic mass is 79.9. The largest absolute Gasteiger partial charge is 0.508 e. The number of hydrogen-bond acceptors (Lipinski definition) is 2. The van der Waals surface area contributed by atoms with Crippen molar-refractivity contribution in [3.05, 3.63) is 64.1 Å². The summed E-state index contributed by atoms with van der Waals surface area (Å²) in [6.45, 7) is 0. The fourth-order valence-electron chi connectivity index (χ4n) is 2.40. The van der Waals surface area contributed by atoms with E-state index in [0.717, 1.165) is 10.9 Å². The minimum Gasteiger partial charge on any atom is -0.508 e. The van der Waals surface area contributed by atoms with Gasteiger partial charge in [-0.1, -0.05) is 28.1 Å². The van der Waals surface area contributed by atoms with Gasteiger partial charge in [-0.15, -0.1) is 0 Å². The number of halogens is 1. The van der Waals surface area contributed by atoms with Gasteiger partial charge in [0.15, 0.2) is 5.78 Å². The van der Waals surface area contributed by atoms with Gasteiger partial charge in [0, 0.05) is 16.0 Å². The summed E-state index contributed by atoms with van der Waals surface area (Å²) in [5.74, 6) is 0.796. The maximum Gasteiger partial charge on any atom is 0.166 e. The number of Topliss-reactive ketones (excluding diaryl/α,β-unsaturated/α-hetero) is 1. The fourth-order valence-corrected chi connectivity index (χ4v) is 2.67. The summed E-state index contributed by atoms with van der Waals surface area (Å²) < 4.78 is 1.05. The Labute approximate surface area is 120 Å². The number of carbonyl (C=O) groups excluding carboxylic acids is 1. The summed E-state index contributed by atoms with van der Waals surface area (Å²) in [6.07, 6.45) is 0.918. The first-order chi connectivity index (χ1) is 9.15. The van der Waals surface area contributed by atoms with Crippen LogP contribution in [0.25, 0.3) is 0 Å². The van der Waals surface area contributed by atoms with E-state index in [1.54, 1.807) is 24.3 Å². The predicted octanol–water partition coefficient (Wildman–Crippen LogP) is 4.14. The average molecular weight is 317 g/mol. The Balaban J connectivity index is 1.74. The second-order valence-electron chi connectivity index (χ2n) is 4.91. The molecule has 1 aliphatic rings. The molecule has 1 saturated carbocycles. The second-order valence-corrected chi connectivity index (χ2v) is 5.83. The van der Waals surface area contributed by atoms with Gasteiger partial charge in [-0.3, -0.25) is 4.79 Å². The Morgan fingerprint density at radius 1 is 1.05 bits per heavy atom. The van der Waals surface area contributed by atoms with E-state index in [0.29, 0.717) is 11.5 Å². The average Bonchev–Trinajstić information content (AvgIpc) is 3.20. The Hall–Kier alpha value is -1.61. The lowest BCUT2D eigenvalue weighted by Crippen LogP contribution is -2.02. The number of phenols is 1. The van der Waals surface area contributed by atoms with Gasteiger partial charge in [0.05, 0.1) is 0 Å². The molecule has 2 unspecified atom stereocenters. The van der Waals surface area contributed by atoms with Crippen LogP contribution in [-0.2, 0) is 0 Å². The molecule has 0 aliphatic heterocycles. The van der Waals surface area contributed by atoms with E-state index < -0.39 is 0 Å². The zero-order valence-corrected chi connectivity index (χ0v) is 11.8. The first-order valence-corrected chi connectivity index (χ1v) is 7.03. The van der Waals surface area contributed by atoms with Crippen LogP contribution in [0, 0.1) is 5.92 Å². The molecular formula is C16H13BrO2. The molecule has 0 saturated heterocycles. The van der Waals surface area contributed by atoms with Gasteiger partial charge < -0.3 is 5.11 Å². The third-order valence-electron chi connectivity index (χ3n) is 3.58. The lowest BCUT2D eigenvalue weighted by atomic mass is 10.0. The summed E-state index contributed by atoms with van der Waals surface area (Å²) >= 11 is 3.41. The zero-order chi connectivity index (χ0) is 13.4. The van der Waals surface area contributed by atoms with E-state index in [1.165, 1.54) is 5.56 Å². The van der Waals surface area contributed by atoms with Crippen LogP contribution in [0.1, 0.15) is 28.3 Å². The molecule has 0 aromatic heterocycles. The topological polar surface area (TPSA) is 37.3 Å². The van der Waals surface area contributed by atoms with Crippen molar-refractivity contribution in [1.82, 2.24) is 0 Å². The number of rotatable bonds is 3. The Kier molecular flexibility index (Phi) is 3.15. The molecule has 1 aliphatic carbocycles. The highest BCUT2D eigenvalue weighted by molar-refractivity contribution is 9.10. The van der Waals surface area contributed by atoms with Gasteiger partial charge in [0.1, 0.15) is 5.75 Å². The van der Waals surface area contributed by atoms with E-state index in [1.807, 2.05) is 12.1 Å². The van der Waals surface area contributed by atoms with Crippen molar-refractivity contribution >= 4 is 21.7 Å². The molecular weight excluding hydrogens is 304 g/mol. The van der Waals surface area contributed by atoms with Crippen LogP contribution < -0.4 is 0 Å². The van der Waals surface area contributed by atoms with Crippen LogP contribution in [0.5, 0.6) is 5.75 Å². The van der Waals surface area contributed by atoms with Gasteiger partial charge in [0.2, 0.25) is 0 Å². The summed E-state index contributed by atoms with van der Waals surface area (Å²) in [4.78, 5) is 12.3. The maximum atomic E-state index is 12.3. The second kappa shape index (κ2) is 4.82. The van der Waals surface area contributed by atoms with Crippen LogP contribution in [-0.4, -0.2) is 10.9 Å². The summed E-state index contributed by atoms with van der Waals surface area (Å²) in [7, 11) is 0. The van der Waals surface area contributed by atoms with Crippen LogP contribution in [0.3, 0.4) is 0 Å². The van der Waals surface area contributed by atoms with Gasteiger partial charge in [-0.25, -0.2) is 0 Å². The molecule has 0 amide bonds. The minimum atomic E-state index is 0.0886. The van der Waals surface area contributed by atoms with Gasteiger partial charge in [-0.2, -0.15) is 0 Å². The van der Waals surface area contributed by atoms with Crippen molar-refractivity contribution in [2.24, 2.45) is 5.92 Å².